The smallest absolute Gasteiger partial charge is 0.213 e. The van der Waals surface area contributed by atoms with Crippen LogP contribution in [-0.2, 0) is 6.42 Å². The monoisotopic (exact) mass is 683 g/mol. The average Bonchev–Trinajstić information content (AvgIpc) is 3.85. The molecule has 4 nitrogen and oxygen atoms in total. The number of allylic oxidation sites excluding steroid dienone is 1. The Bertz CT molecular complexity index is 3160. The van der Waals surface area contributed by atoms with Crippen LogP contribution in [-0.4, -0.2) is 4.40 Å². The minimum Gasteiger partial charge on any atom is -0.455 e. The zero-order valence-corrected chi connectivity index (χ0v) is 29.6. The Morgan fingerprint density at radius 2 is 1.53 bits per heavy atom. The molecule has 0 saturated carbocycles. The number of fused-ring (bicyclic) bond motifs is 19. The first-order valence-electron chi connectivity index (χ1n) is 19.0. The minimum atomic E-state index is 0.112. The molecule has 0 N–H and O–H groups in total. The van der Waals surface area contributed by atoms with Gasteiger partial charge in [0, 0.05) is 62.2 Å². The summed E-state index contributed by atoms with van der Waals surface area (Å²) in [5.74, 6) is 0.359. The highest BCUT2D eigenvalue weighted by Gasteiger charge is 2.43. The van der Waals surface area contributed by atoms with Crippen molar-refractivity contribution in [3.8, 4) is 22.5 Å². The first kappa shape index (κ1) is 29.3. The molecule has 5 aromatic heterocycles. The van der Waals surface area contributed by atoms with E-state index in [2.05, 4.69) is 167 Å². The molecular weight excluding hydrogens is 647 g/mol. The van der Waals surface area contributed by atoms with Gasteiger partial charge >= 0.3 is 0 Å². The van der Waals surface area contributed by atoms with Gasteiger partial charge in [-0.2, -0.15) is 9.13 Å². The lowest BCUT2D eigenvalue weighted by Gasteiger charge is -2.32. The maximum Gasteiger partial charge on any atom is 0.213 e. The second-order valence-corrected chi connectivity index (χ2v) is 15.3. The predicted molar refractivity (Wildman–Crippen MR) is 215 cm³/mol. The maximum absolute atomic E-state index is 6.69. The van der Waals surface area contributed by atoms with Gasteiger partial charge in [-0.05, 0) is 85.5 Å². The molecule has 0 amide bonds. The number of para-hydroxylation sites is 2. The van der Waals surface area contributed by atoms with Crippen molar-refractivity contribution in [2.24, 2.45) is 0 Å². The third-order valence-corrected chi connectivity index (χ3v) is 12.6. The molecule has 10 aromatic rings. The van der Waals surface area contributed by atoms with Crippen LogP contribution in [0, 0.1) is 6.92 Å². The summed E-state index contributed by atoms with van der Waals surface area (Å²) in [5.41, 5.74) is 15.0. The highest BCUT2D eigenvalue weighted by Crippen LogP contribution is 2.48. The van der Waals surface area contributed by atoms with Crippen molar-refractivity contribution in [1.82, 2.24) is 4.40 Å². The Morgan fingerprint density at radius 1 is 0.717 bits per heavy atom. The highest BCUT2D eigenvalue weighted by molar-refractivity contribution is 6.33. The van der Waals surface area contributed by atoms with Crippen molar-refractivity contribution in [3.63, 3.8) is 0 Å². The normalized spacial score (nSPS) is 18.3. The average molecular weight is 684 g/mol. The summed E-state index contributed by atoms with van der Waals surface area (Å²) in [7, 11) is 0. The van der Waals surface area contributed by atoms with Gasteiger partial charge in [0.25, 0.3) is 0 Å². The molecule has 0 radical (unpaired) electrons. The van der Waals surface area contributed by atoms with Gasteiger partial charge in [0.15, 0.2) is 24.5 Å². The van der Waals surface area contributed by atoms with Crippen LogP contribution in [0.1, 0.15) is 47.5 Å². The fourth-order valence-electron chi connectivity index (χ4n) is 10.3. The van der Waals surface area contributed by atoms with Gasteiger partial charge in [-0.1, -0.05) is 61.2 Å². The quantitative estimate of drug-likeness (QED) is 0.125. The van der Waals surface area contributed by atoms with Crippen molar-refractivity contribution in [2.45, 2.75) is 44.2 Å². The molecule has 252 valence electrons. The predicted octanol–water partition coefficient (Wildman–Crippen LogP) is 11.4. The molecule has 7 heterocycles. The Hall–Kier alpha value is -6.26. The lowest BCUT2D eigenvalue weighted by atomic mass is 9.76. The molecule has 0 bridgehead atoms. The number of aromatic nitrogens is 3. The molecule has 0 saturated heterocycles. The van der Waals surface area contributed by atoms with Gasteiger partial charge in [-0.15, -0.1) is 0 Å². The molecule has 5 aromatic carbocycles. The lowest BCUT2D eigenvalue weighted by molar-refractivity contribution is -0.745. The number of hydrogen-bond acceptors (Lipinski definition) is 1. The van der Waals surface area contributed by atoms with Crippen molar-refractivity contribution < 1.29 is 13.6 Å². The maximum atomic E-state index is 6.69. The Kier molecular flexibility index (Phi) is 5.89. The fourth-order valence-corrected chi connectivity index (χ4v) is 10.3. The molecular formula is C49H37N3O+2. The SMILES string of the molecule is C=CC1CC2C(CCc3cc4c(cc3-c3ccc(C)c[n+]31)c1cc3c5ccccc5oc3c3c5ccccc5n4c13)c1ccccc1-c1cccc[n+]12. The summed E-state index contributed by atoms with van der Waals surface area (Å²) in [5, 5.41) is 7.34. The van der Waals surface area contributed by atoms with Gasteiger partial charge in [0.05, 0.1) is 33.9 Å². The summed E-state index contributed by atoms with van der Waals surface area (Å²) in [6.07, 6.45) is 9.82. The van der Waals surface area contributed by atoms with Crippen LogP contribution in [0.2, 0.25) is 0 Å². The third kappa shape index (κ3) is 3.90. The number of hydrogen-bond donors (Lipinski definition) is 0. The van der Waals surface area contributed by atoms with Crippen molar-refractivity contribution in [1.29, 1.82) is 0 Å². The topological polar surface area (TPSA) is 25.3 Å². The molecule has 0 aliphatic carbocycles. The highest BCUT2D eigenvalue weighted by atomic mass is 16.3. The third-order valence-electron chi connectivity index (χ3n) is 12.6. The summed E-state index contributed by atoms with van der Waals surface area (Å²) in [6.45, 7) is 6.68. The Labute approximate surface area is 306 Å². The molecule has 12 rings (SSSR count). The van der Waals surface area contributed by atoms with Crippen molar-refractivity contribution >= 4 is 60.0 Å². The van der Waals surface area contributed by atoms with E-state index >= 15 is 0 Å². The minimum absolute atomic E-state index is 0.112. The van der Waals surface area contributed by atoms with E-state index in [4.69, 9.17) is 4.42 Å². The molecule has 3 unspecified atom stereocenters. The van der Waals surface area contributed by atoms with Crippen LogP contribution in [0.3, 0.4) is 0 Å². The van der Waals surface area contributed by atoms with Crippen LogP contribution < -0.4 is 9.13 Å². The number of furan rings is 1. The summed E-state index contributed by atoms with van der Waals surface area (Å²) in [4.78, 5) is 0. The zero-order valence-electron chi connectivity index (χ0n) is 29.6. The van der Waals surface area contributed by atoms with Crippen LogP contribution in [0.15, 0.2) is 151 Å². The molecule has 0 spiro atoms. The summed E-state index contributed by atoms with van der Waals surface area (Å²) >= 11 is 0. The molecule has 3 atom stereocenters. The van der Waals surface area contributed by atoms with Crippen LogP contribution in [0.25, 0.3) is 82.5 Å². The van der Waals surface area contributed by atoms with Crippen LogP contribution in [0.5, 0.6) is 0 Å². The molecule has 2 aliphatic rings. The summed E-state index contributed by atoms with van der Waals surface area (Å²) < 4.78 is 14.3. The van der Waals surface area contributed by atoms with Gasteiger partial charge in [0.2, 0.25) is 11.4 Å². The van der Waals surface area contributed by atoms with Crippen LogP contribution >= 0.6 is 0 Å². The van der Waals surface area contributed by atoms with Gasteiger partial charge in [-0.25, -0.2) is 0 Å². The number of pyridine rings is 2. The van der Waals surface area contributed by atoms with Gasteiger partial charge in [-0.3, -0.25) is 0 Å². The van der Waals surface area contributed by atoms with Crippen LogP contribution in [0.4, 0.5) is 0 Å². The molecule has 53 heavy (non-hydrogen) atoms. The second kappa shape index (κ2) is 10.6. The fraction of sp³-hybridized carbons (Fsp3) is 0.143. The number of benzene rings is 5. The molecule has 4 heteroatoms. The number of nitrogens with zero attached hydrogens (tertiary/aromatic N) is 3. The standard InChI is InChI=1S/C49H37N3O/c1-3-31-25-44-34(32-12-4-5-13-33(32)41-16-10-11-23-50(41)44)21-20-30-24-45-38(26-37(30)42-22-19-29(2)28-51(31)42)39-27-40-35-14-7-9-18-46(35)53-49(40)47-36-15-6-8-17-43(36)52(45)48(39)47/h3-19,22-24,26-28,31,34,44H,1,20-21,25H2,2H3/q+2. The zero-order chi connectivity index (χ0) is 34.9. The number of rotatable bonds is 1. The van der Waals surface area contributed by atoms with Crippen molar-refractivity contribution in [3.05, 3.63) is 163 Å². The Balaban J connectivity index is 1.18. The van der Waals surface area contributed by atoms with E-state index in [-0.39, 0.29) is 6.04 Å². The number of aryl methyl sites for hydroxylation is 2. The van der Waals surface area contributed by atoms with Gasteiger partial charge in [0.1, 0.15) is 11.2 Å². The lowest BCUT2D eigenvalue weighted by Crippen LogP contribution is -2.51. The van der Waals surface area contributed by atoms with E-state index in [1.54, 1.807) is 0 Å². The molecule has 2 aliphatic heterocycles. The van der Waals surface area contributed by atoms with Crippen molar-refractivity contribution in [2.75, 3.05) is 0 Å². The first-order chi connectivity index (χ1) is 26.2. The molecule has 0 fully saturated rings. The van der Waals surface area contributed by atoms with E-state index < -0.39 is 0 Å². The van der Waals surface area contributed by atoms with Gasteiger partial charge < -0.3 is 8.82 Å². The van der Waals surface area contributed by atoms with E-state index in [0.717, 1.165) is 35.8 Å². The Morgan fingerprint density at radius 3 is 2.45 bits per heavy atom. The first-order valence-corrected chi connectivity index (χ1v) is 19.0. The van der Waals surface area contributed by atoms with E-state index in [9.17, 15) is 0 Å². The summed E-state index contributed by atoms with van der Waals surface area (Å²) in [6, 6.07) is 45.6. The second-order valence-electron chi connectivity index (χ2n) is 15.3. The van der Waals surface area contributed by atoms with E-state index in [1.165, 1.54) is 82.7 Å². The van der Waals surface area contributed by atoms with E-state index in [1.807, 2.05) is 0 Å². The van der Waals surface area contributed by atoms with E-state index in [0.29, 0.717) is 12.0 Å². The largest absolute Gasteiger partial charge is 0.455 e.